The number of halogens is 1. The molecule has 1 aliphatic rings. The number of nitrogens with one attached hydrogen (secondary N) is 4. The number of hydrogen-bond donors (Lipinski definition) is 4. The number of aromatic nitrogens is 2. The second-order valence-corrected chi connectivity index (χ2v) is 6.50. The second kappa shape index (κ2) is 6.75. The van der Waals surface area contributed by atoms with Gasteiger partial charge in [-0.05, 0) is 39.0 Å². The minimum absolute atomic E-state index is 0.190. The highest BCUT2D eigenvalue weighted by Crippen LogP contribution is 2.34. The molecule has 0 spiro atoms. The lowest BCUT2D eigenvalue weighted by molar-refractivity contribution is 0.102. The molecular weight excluding hydrogens is 339 g/mol. The summed E-state index contributed by atoms with van der Waals surface area (Å²) in [4.78, 5) is 25.7. The number of rotatable bonds is 4. The van der Waals surface area contributed by atoms with E-state index in [1.54, 1.807) is 0 Å². The Balaban J connectivity index is 1.91. The zero-order valence-corrected chi connectivity index (χ0v) is 14.8. The molecule has 0 bridgehead atoms. The summed E-state index contributed by atoms with van der Waals surface area (Å²) in [6.07, 6.45) is 0. The third-order valence-electron chi connectivity index (χ3n) is 4.15. The summed E-state index contributed by atoms with van der Waals surface area (Å²) in [7, 11) is 0. The Morgan fingerprint density at radius 1 is 1.38 bits per heavy atom. The molecule has 1 aromatic carbocycles. The molecule has 9 heteroatoms. The lowest BCUT2D eigenvalue weighted by atomic mass is 10.0. The van der Waals surface area contributed by atoms with Crippen LogP contribution in [0.3, 0.4) is 0 Å². The van der Waals surface area contributed by atoms with Crippen molar-refractivity contribution >= 4 is 17.8 Å². The highest BCUT2D eigenvalue weighted by Gasteiger charge is 2.37. The summed E-state index contributed by atoms with van der Waals surface area (Å²) in [6.45, 7) is 6.67. The fourth-order valence-corrected chi connectivity index (χ4v) is 2.94. The van der Waals surface area contributed by atoms with Crippen LogP contribution in [-0.4, -0.2) is 28.4 Å². The largest absolute Gasteiger partial charge is 0.337 e. The van der Waals surface area contributed by atoms with Crippen LogP contribution < -0.4 is 21.4 Å². The molecule has 3 amide bonds. The van der Waals surface area contributed by atoms with Crippen molar-refractivity contribution in [2.75, 3.05) is 17.3 Å². The average Bonchev–Trinajstić information content (AvgIpc) is 3.07. The Morgan fingerprint density at radius 3 is 2.85 bits per heavy atom. The molecule has 0 unspecified atom stereocenters. The molecule has 1 aliphatic heterocycles. The quantitative estimate of drug-likeness (QED) is 0.669. The molecule has 1 aromatic heterocycles. The number of anilines is 1. The van der Waals surface area contributed by atoms with E-state index in [2.05, 4.69) is 26.5 Å². The first kappa shape index (κ1) is 17.9. The van der Waals surface area contributed by atoms with Crippen molar-refractivity contribution in [3.05, 3.63) is 46.9 Å². The van der Waals surface area contributed by atoms with E-state index in [9.17, 15) is 14.0 Å². The maximum atomic E-state index is 13.3. The number of amides is 3. The van der Waals surface area contributed by atoms with Gasteiger partial charge in [-0.2, -0.15) is 4.79 Å². The zero-order chi connectivity index (χ0) is 18.9. The van der Waals surface area contributed by atoms with E-state index in [-0.39, 0.29) is 5.56 Å². The number of fused-ring (bicyclic) bond motifs is 1. The van der Waals surface area contributed by atoms with Crippen LogP contribution in [0.4, 0.5) is 15.0 Å². The van der Waals surface area contributed by atoms with Crippen molar-refractivity contribution in [1.82, 2.24) is 20.5 Å². The summed E-state index contributed by atoms with van der Waals surface area (Å²) < 4.78 is 13.3. The van der Waals surface area contributed by atoms with Crippen LogP contribution in [-0.2, 0) is 12.1 Å². The van der Waals surface area contributed by atoms with Crippen LogP contribution >= 0.6 is 0 Å². The second-order valence-electron chi connectivity index (χ2n) is 6.50. The average molecular weight is 360 g/mol. The van der Waals surface area contributed by atoms with Gasteiger partial charge < -0.3 is 16.0 Å². The van der Waals surface area contributed by atoms with Gasteiger partial charge in [0.25, 0.3) is 5.91 Å². The van der Waals surface area contributed by atoms with Crippen molar-refractivity contribution in [2.45, 2.75) is 32.9 Å². The molecule has 26 heavy (non-hydrogen) atoms. The standard InChI is InChI=1S/C17H21FN6O2/c1-4-19-16(26)23-24-13-12(9-20-17(13,2)3)14(22-24)21-15(25)10-6-5-7-11(18)8-10/h5-8,20H,4,9H2,1-3H3,(H2,19,23,26)(H,21,22,25). The van der Waals surface area contributed by atoms with E-state index >= 15 is 0 Å². The summed E-state index contributed by atoms with van der Waals surface area (Å²) in [6, 6.07) is 5.01. The van der Waals surface area contributed by atoms with E-state index in [4.69, 9.17) is 0 Å². The monoisotopic (exact) mass is 360 g/mol. The first-order valence-corrected chi connectivity index (χ1v) is 8.31. The molecule has 2 heterocycles. The van der Waals surface area contributed by atoms with E-state index in [0.717, 1.165) is 17.3 Å². The topological polar surface area (TPSA) is 100 Å². The van der Waals surface area contributed by atoms with Crippen molar-refractivity contribution in [3.8, 4) is 0 Å². The van der Waals surface area contributed by atoms with Gasteiger partial charge >= 0.3 is 6.03 Å². The predicted octanol–water partition coefficient (Wildman–Crippen LogP) is 1.89. The molecule has 3 rings (SSSR count). The van der Waals surface area contributed by atoms with E-state index < -0.39 is 23.3 Å². The highest BCUT2D eigenvalue weighted by molar-refractivity contribution is 6.04. The normalized spacial score (nSPS) is 14.6. The third kappa shape index (κ3) is 3.38. The molecule has 138 valence electrons. The van der Waals surface area contributed by atoms with E-state index in [0.29, 0.717) is 18.9 Å². The van der Waals surface area contributed by atoms with Gasteiger partial charge in [-0.15, -0.1) is 5.10 Å². The van der Waals surface area contributed by atoms with Crippen LogP contribution in [0.25, 0.3) is 0 Å². The highest BCUT2D eigenvalue weighted by atomic mass is 19.1. The van der Waals surface area contributed by atoms with Gasteiger partial charge in [0.05, 0.1) is 11.2 Å². The summed E-state index contributed by atoms with van der Waals surface area (Å²) >= 11 is 0. The molecule has 0 saturated heterocycles. The van der Waals surface area contributed by atoms with E-state index in [1.165, 1.54) is 23.0 Å². The first-order valence-electron chi connectivity index (χ1n) is 8.31. The number of urea groups is 1. The van der Waals surface area contributed by atoms with Gasteiger partial charge in [0.1, 0.15) is 5.82 Å². The maximum Gasteiger partial charge on any atom is 0.335 e. The molecule has 0 radical (unpaired) electrons. The molecule has 8 nitrogen and oxygen atoms in total. The van der Waals surface area contributed by atoms with Crippen LogP contribution in [0.2, 0.25) is 0 Å². The Hall–Kier alpha value is -2.94. The fraction of sp³-hybridized carbons (Fsp3) is 0.353. The van der Waals surface area contributed by atoms with Crippen molar-refractivity contribution < 1.29 is 14.0 Å². The molecule has 2 aromatic rings. The van der Waals surface area contributed by atoms with Gasteiger partial charge in [0, 0.05) is 24.2 Å². The fourth-order valence-electron chi connectivity index (χ4n) is 2.94. The zero-order valence-electron chi connectivity index (χ0n) is 14.8. The van der Waals surface area contributed by atoms with Crippen molar-refractivity contribution in [1.29, 1.82) is 0 Å². The van der Waals surface area contributed by atoms with Gasteiger partial charge in [0.2, 0.25) is 0 Å². The lowest BCUT2D eigenvalue weighted by Crippen LogP contribution is -2.39. The predicted molar refractivity (Wildman–Crippen MR) is 94.9 cm³/mol. The number of carbonyl (C=O) groups is 2. The van der Waals surface area contributed by atoms with Crippen LogP contribution in [0.1, 0.15) is 42.4 Å². The van der Waals surface area contributed by atoms with Crippen molar-refractivity contribution in [3.63, 3.8) is 0 Å². The Bertz CT molecular complexity index is 861. The molecule has 0 atom stereocenters. The first-order chi connectivity index (χ1) is 12.3. The molecular formula is C17H21FN6O2. The lowest BCUT2D eigenvalue weighted by Gasteiger charge is -2.21. The molecule has 4 N–H and O–H groups in total. The van der Waals surface area contributed by atoms with Crippen molar-refractivity contribution in [2.24, 2.45) is 0 Å². The Kier molecular flexibility index (Phi) is 4.64. The van der Waals surface area contributed by atoms with Gasteiger partial charge in [-0.25, -0.2) is 14.6 Å². The number of carbonyl (C=O) groups excluding carboxylic acids is 2. The Labute approximate surface area is 150 Å². The molecule has 0 fully saturated rings. The summed E-state index contributed by atoms with van der Waals surface area (Å²) in [5.41, 5.74) is 3.92. The smallest absolute Gasteiger partial charge is 0.335 e. The SMILES string of the molecule is CCNC(=O)Nn1nc(NC(=O)c2cccc(F)c2)c2c1C(C)(C)NC2. The summed E-state index contributed by atoms with van der Waals surface area (Å²) in [5.74, 6) is -0.641. The van der Waals surface area contributed by atoms with Gasteiger partial charge in [-0.1, -0.05) is 6.07 Å². The number of nitrogens with zero attached hydrogens (tertiary/aromatic N) is 2. The van der Waals surface area contributed by atoms with Gasteiger partial charge in [-0.3, -0.25) is 4.79 Å². The summed E-state index contributed by atoms with van der Waals surface area (Å²) in [5, 5.41) is 13.0. The molecule has 0 aliphatic carbocycles. The Morgan fingerprint density at radius 2 is 2.15 bits per heavy atom. The minimum Gasteiger partial charge on any atom is -0.337 e. The van der Waals surface area contributed by atoms with Crippen LogP contribution in [0, 0.1) is 5.82 Å². The molecule has 0 saturated carbocycles. The maximum absolute atomic E-state index is 13.3. The van der Waals surface area contributed by atoms with Crippen LogP contribution in [0.15, 0.2) is 24.3 Å². The van der Waals surface area contributed by atoms with E-state index in [1.807, 2.05) is 20.8 Å². The number of benzene rings is 1. The van der Waals surface area contributed by atoms with Gasteiger partial charge in [0.15, 0.2) is 5.82 Å². The number of hydrogen-bond acceptors (Lipinski definition) is 4. The van der Waals surface area contributed by atoms with Crippen LogP contribution in [0.5, 0.6) is 0 Å². The third-order valence-corrected chi connectivity index (χ3v) is 4.15. The minimum atomic E-state index is -0.492.